The molecule has 2 saturated heterocycles. The van der Waals surface area contributed by atoms with E-state index < -0.39 is 17.4 Å². The summed E-state index contributed by atoms with van der Waals surface area (Å²) in [6.45, 7) is 2.24. The number of hydrogen-bond donors (Lipinski definition) is 2. The fourth-order valence-corrected chi connectivity index (χ4v) is 4.89. The van der Waals surface area contributed by atoms with Crippen molar-refractivity contribution in [3.05, 3.63) is 58.1 Å². The summed E-state index contributed by atoms with van der Waals surface area (Å²) in [5.41, 5.74) is 1.76. The highest BCUT2D eigenvalue weighted by Gasteiger charge is 2.67. The molecule has 3 atom stereocenters. The van der Waals surface area contributed by atoms with Crippen LogP contribution in [0, 0.1) is 18.8 Å². The van der Waals surface area contributed by atoms with E-state index in [1.807, 2.05) is 31.2 Å². The van der Waals surface area contributed by atoms with Gasteiger partial charge in [-0.1, -0.05) is 33.6 Å². The van der Waals surface area contributed by atoms with Crippen molar-refractivity contribution >= 4 is 45.0 Å². The number of benzene rings is 2. The second-order valence-corrected chi connectivity index (χ2v) is 8.18. The predicted molar refractivity (Wildman–Crippen MR) is 103 cm³/mol. The van der Waals surface area contributed by atoms with Gasteiger partial charge in [-0.05, 0) is 37.3 Å². The van der Waals surface area contributed by atoms with Gasteiger partial charge in [-0.25, -0.2) is 4.90 Å². The number of amides is 3. The molecule has 136 valence electrons. The molecule has 0 bridgehead atoms. The highest BCUT2D eigenvalue weighted by molar-refractivity contribution is 9.10. The topological polar surface area (TPSA) is 78.5 Å². The second kappa shape index (κ2) is 5.50. The van der Waals surface area contributed by atoms with Crippen molar-refractivity contribution in [3.8, 4) is 0 Å². The summed E-state index contributed by atoms with van der Waals surface area (Å²) in [6.07, 6.45) is 0. The Morgan fingerprint density at radius 1 is 1.07 bits per heavy atom. The number of nitrogens with zero attached hydrogens (tertiary/aromatic N) is 1. The first-order valence-corrected chi connectivity index (χ1v) is 9.54. The van der Waals surface area contributed by atoms with Crippen LogP contribution in [0.15, 0.2) is 46.9 Å². The number of carbonyl (C=O) groups excluding carboxylic acids is 3. The van der Waals surface area contributed by atoms with Gasteiger partial charge < -0.3 is 5.32 Å². The van der Waals surface area contributed by atoms with Gasteiger partial charge in [-0.15, -0.1) is 0 Å². The molecule has 3 heterocycles. The van der Waals surface area contributed by atoms with Crippen molar-refractivity contribution in [3.63, 3.8) is 0 Å². The van der Waals surface area contributed by atoms with Crippen molar-refractivity contribution in [2.24, 2.45) is 11.8 Å². The molecule has 7 heteroatoms. The molecule has 27 heavy (non-hydrogen) atoms. The quantitative estimate of drug-likeness (QED) is 0.687. The van der Waals surface area contributed by atoms with Gasteiger partial charge in [0.1, 0.15) is 5.54 Å². The Labute approximate surface area is 164 Å². The molecule has 1 spiro atoms. The van der Waals surface area contributed by atoms with E-state index in [9.17, 15) is 14.4 Å². The Bertz CT molecular complexity index is 1020. The van der Waals surface area contributed by atoms with Crippen LogP contribution in [0.5, 0.6) is 0 Å². The summed E-state index contributed by atoms with van der Waals surface area (Å²) >= 11 is 3.44. The summed E-state index contributed by atoms with van der Waals surface area (Å²) in [5, 5.41) is 6.07. The fourth-order valence-electron chi connectivity index (χ4n) is 4.53. The average molecular weight is 426 g/mol. The van der Waals surface area contributed by atoms with E-state index in [1.165, 1.54) is 4.90 Å². The van der Waals surface area contributed by atoms with Gasteiger partial charge in [0.25, 0.3) is 0 Å². The first kappa shape index (κ1) is 16.6. The van der Waals surface area contributed by atoms with Crippen LogP contribution in [0.4, 0.5) is 11.4 Å². The van der Waals surface area contributed by atoms with Gasteiger partial charge >= 0.3 is 0 Å². The van der Waals surface area contributed by atoms with Gasteiger partial charge in [0.05, 0.1) is 17.5 Å². The first-order valence-electron chi connectivity index (χ1n) is 8.74. The summed E-state index contributed by atoms with van der Waals surface area (Å²) < 4.78 is 0.814. The zero-order chi connectivity index (χ0) is 18.9. The van der Waals surface area contributed by atoms with E-state index in [-0.39, 0.29) is 24.3 Å². The lowest BCUT2D eigenvalue weighted by Gasteiger charge is -2.28. The van der Waals surface area contributed by atoms with E-state index in [0.717, 1.165) is 10.0 Å². The van der Waals surface area contributed by atoms with Crippen molar-refractivity contribution < 1.29 is 14.4 Å². The number of imide groups is 1. The normalized spacial score (nSPS) is 28.7. The van der Waals surface area contributed by atoms with Crippen LogP contribution in [-0.2, 0) is 19.9 Å². The summed E-state index contributed by atoms with van der Waals surface area (Å²) in [5.74, 6) is -2.19. The lowest BCUT2D eigenvalue weighted by molar-refractivity contribution is -0.130. The van der Waals surface area contributed by atoms with Crippen LogP contribution in [-0.4, -0.2) is 24.3 Å². The fraction of sp³-hybridized carbons (Fsp3) is 0.250. The number of fused-ring (bicyclic) bond motifs is 4. The third kappa shape index (κ3) is 2.06. The second-order valence-electron chi connectivity index (χ2n) is 7.26. The van der Waals surface area contributed by atoms with E-state index in [0.29, 0.717) is 16.9 Å². The molecule has 0 aliphatic carbocycles. The molecule has 2 N–H and O–H groups in total. The number of hydrogen-bond acceptors (Lipinski definition) is 4. The van der Waals surface area contributed by atoms with Crippen LogP contribution in [0.2, 0.25) is 0 Å². The molecule has 2 fully saturated rings. The highest BCUT2D eigenvalue weighted by Crippen LogP contribution is 2.51. The maximum atomic E-state index is 13.4. The molecule has 3 amide bonds. The monoisotopic (exact) mass is 425 g/mol. The molecule has 0 radical (unpaired) electrons. The minimum Gasteiger partial charge on any atom is -0.324 e. The summed E-state index contributed by atoms with van der Waals surface area (Å²) in [7, 11) is 0. The minimum atomic E-state index is -1.21. The minimum absolute atomic E-state index is 0.255. The standard InChI is InChI=1S/C20H16BrN3O3/c1-10-2-5-12(6-3-10)24-17(25)13-9-22-20(16(13)18(24)26)14-8-11(21)4-7-15(14)23-19(20)27/h2-8,13,16,22H,9H2,1H3,(H,23,27). The van der Waals surface area contributed by atoms with E-state index in [2.05, 4.69) is 26.6 Å². The summed E-state index contributed by atoms with van der Waals surface area (Å²) in [6, 6.07) is 12.8. The van der Waals surface area contributed by atoms with Crippen LogP contribution in [0.25, 0.3) is 0 Å². The van der Waals surface area contributed by atoms with Crippen LogP contribution in [0.1, 0.15) is 11.1 Å². The maximum absolute atomic E-state index is 13.4. The molecule has 3 aliphatic heterocycles. The van der Waals surface area contributed by atoms with E-state index in [1.54, 1.807) is 18.2 Å². The largest absolute Gasteiger partial charge is 0.324 e. The van der Waals surface area contributed by atoms with Crippen molar-refractivity contribution in [2.75, 3.05) is 16.8 Å². The molecule has 3 unspecified atom stereocenters. The Kier molecular flexibility index (Phi) is 3.39. The molecule has 3 aliphatic rings. The van der Waals surface area contributed by atoms with Crippen LogP contribution >= 0.6 is 15.9 Å². The zero-order valence-corrected chi connectivity index (χ0v) is 16.0. The Hall–Kier alpha value is -2.51. The van der Waals surface area contributed by atoms with Crippen molar-refractivity contribution in [1.29, 1.82) is 0 Å². The van der Waals surface area contributed by atoms with Gasteiger partial charge in [-0.3, -0.25) is 19.7 Å². The molecule has 0 aromatic heterocycles. The SMILES string of the molecule is Cc1ccc(N2C(=O)C3CNC4(C(=O)Nc5ccc(Br)cc54)C3C2=O)cc1. The Morgan fingerprint density at radius 3 is 2.56 bits per heavy atom. The van der Waals surface area contributed by atoms with Crippen LogP contribution in [0.3, 0.4) is 0 Å². The smallest absolute Gasteiger partial charge is 0.250 e. The average Bonchev–Trinajstić information content (AvgIpc) is 3.25. The third-order valence-electron chi connectivity index (χ3n) is 5.80. The van der Waals surface area contributed by atoms with Gasteiger partial charge in [0, 0.05) is 22.3 Å². The van der Waals surface area contributed by atoms with Crippen LogP contribution < -0.4 is 15.5 Å². The number of aryl methyl sites for hydroxylation is 1. The molecule has 6 nitrogen and oxygen atoms in total. The molecule has 2 aromatic rings. The van der Waals surface area contributed by atoms with E-state index in [4.69, 9.17) is 0 Å². The number of carbonyl (C=O) groups is 3. The van der Waals surface area contributed by atoms with Crippen molar-refractivity contribution in [1.82, 2.24) is 5.32 Å². The molecule has 5 rings (SSSR count). The number of halogens is 1. The zero-order valence-electron chi connectivity index (χ0n) is 14.5. The molecule has 2 aromatic carbocycles. The lowest BCUT2D eigenvalue weighted by atomic mass is 9.77. The first-order chi connectivity index (χ1) is 12.9. The molecular formula is C20H16BrN3O3. The maximum Gasteiger partial charge on any atom is 0.250 e. The highest BCUT2D eigenvalue weighted by atomic mass is 79.9. The molecular weight excluding hydrogens is 410 g/mol. The number of nitrogens with one attached hydrogen (secondary N) is 2. The number of rotatable bonds is 1. The van der Waals surface area contributed by atoms with Crippen molar-refractivity contribution in [2.45, 2.75) is 12.5 Å². The Balaban J connectivity index is 1.63. The number of anilines is 2. The van der Waals surface area contributed by atoms with Gasteiger partial charge in [-0.2, -0.15) is 0 Å². The molecule has 0 saturated carbocycles. The Morgan fingerprint density at radius 2 is 1.81 bits per heavy atom. The summed E-state index contributed by atoms with van der Waals surface area (Å²) in [4.78, 5) is 40.6. The lowest BCUT2D eigenvalue weighted by Crippen LogP contribution is -2.51. The van der Waals surface area contributed by atoms with E-state index >= 15 is 0 Å². The predicted octanol–water partition coefficient (Wildman–Crippen LogP) is 2.31. The third-order valence-corrected chi connectivity index (χ3v) is 6.29. The van der Waals surface area contributed by atoms with Gasteiger partial charge in [0.15, 0.2) is 0 Å². The van der Waals surface area contributed by atoms with Gasteiger partial charge in [0.2, 0.25) is 17.7 Å².